The molecule has 0 aliphatic heterocycles. The van der Waals surface area contributed by atoms with Crippen LogP contribution in [0.3, 0.4) is 0 Å². The van der Waals surface area contributed by atoms with Crippen LogP contribution in [0.5, 0.6) is 0 Å². The van der Waals surface area contributed by atoms with Crippen LogP contribution in [0.2, 0.25) is 0 Å². The number of ether oxygens (including phenoxy) is 1. The minimum absolute atomic E-state index is 0.160. The summed E-state index contributed by atoms with van der Waals surface area (Å²) >= 11 is 0. The lowest BCUT2D eigenvalue weighted by Crippen LogP contribution is -2.30. The quantitative estimate of drug-likeness (QED) is 0.466. The third-order valence-corrected chi connectivity index (χ3v) is 3.78. The maximum absolute atomic E-state index is 13.0. The van der Waals surface area contributed by atoms with Crippen molar-refractivity contribution >= 4 is 23.3 Å². The number of nitrogens with one attached hydrogen (secondary N) is 1. The molecule has 0 heterocycles. The SMILES string of the molecule is Cc1ccc(C(=O)O[C@H](C)C(=O)Nc2ccccc2C(F)(F)F)cc1[N+](=O)[O-]. The maximum Gasteiger partial charge on any atom is 0.418 e. The topological polar surface area (TPSA) is 98.5 Å². The van der Waals surface area contributed by atoms with Crippen LogP contribution >= 0.6 is 0 Å². The molecule has 0 aliphatic carbocycles. The average Bonchev–Trinajstić information content (AvgIpc) is 2.61. The lowest BCUT2D eigenvalue weighted by Gasteiger charge is -2.17. The summed E-state index contributed by atoms with van der Waals surface area (Å²) in [6.07, 6.45) is -6.11. The monoisotopic (exact) mass is 396 g/mol. The fourth-order valence-corrected chi connectivity index (χ4v) is 2.29. The first-order valence-electron chi connectivity index (χ1n) is 7.94. The van der Waals surface area contributed by atoms with Crippen LogP contribution < -0.4 is 5.32 Å². The largest absolute Gasteiger partial charge is 0.449 e. The smallest absolute Gasteiger partial charge is 0.418 e. The van der Waals surface area contributed by atoms with Crippen LogP contribution in [0.15, 0.2) is 42.5 Å². The highest BCUT2D eigenvalue weighted by Crippen LogP contribution is 2.34. The van der Waals surface area contributed by atoms with Crippen molar-refractivity contribution in [2.24, 2.45) is 0 Å². The fraction of sp³-hybridized carbons (Fsp3) is 0.222. The summed E-state index contributed by atoms with van der Waals surface area (Å²) in [6, 6.07) is 7.99. The van der Waals surface area contributed by atoms with Gasteiger partial charge in [0.1, 0.15) is 0 Å². The predicted octanol–water partition coefficient (Wildman–Crippen LogP) is 4.11. The Hall–Kier alpha value is -3.43. The molecule has 10 heteroatoms. The molecule has 0 saturated carbocycles. The number of hydrogen-bond donors (Lipinski definition) is 1. The van der Waals surface area contributed by atoms with Gasteiger partial charge in [0.2, 0.25) is 0 Å². The molecule has 0 unspecified atom stereocenters. The van der Waals surface area contributed by atoms with Crippen molar-refractivity contribution in [2.75, 3.05) is 5.32 Å². The van der Waals surface area contributed by atoms with E-state index in [1.807, 2.05) is 0 Å². The number of para-hydroxylation sites is 1. The predicted molar refractivity (Wildman–Crippen MR) is 92.8 cm³/mol. The number of carbonyl (C=O) groups excluding carboxylic acids is 2. The third-order valence-electron chi connectivity index (χ3n) is 3.78. The highest BCUT2D eigenvalue weighted by atomic mass is 19.4. The molecule has 2 rings (SSSR count). The third kappa shape index (κ3) is 4.84. The van der Waals surface area contributed by atoms with Crippen molar-refractivity contribution in [3.63, 3.8) is 0 Å². The number of anilines is 1. The number of benzene rings is 2. The summed E-state index contributed by atoms with van der Waals surface area (Å²) in [7, 11) is 0. The molecule has 1 atom stereocenters. The second kappa shape index (κ2) is 8.07. The van der Waals surface area contributed by atoms with Gasteiger partial charge in [0.25, 0.3) is 11.6 Å². The zero-order valence-corrected chi connectivity index (χ0v) is 14.7. The zero-order chi connectivity index (χ0) is 21.1. The van der Waals surface area contributed by atoms with E-state index < -0.39 is 40.3 Å². The highest BCUT2D eigenvalue weighted by Gasteiger charge is 2.34. The summed E-state index contributed by atoms with van der Waals surface area (Å²) in [5.41, 5.74) is -1.65. The summed E-state index contributed by atoms with van der Waals surface area (Å²) in [6.45, 7) is 2.66. The molecule has 0 radical (unpaired) electrons. The lowest BCUT2D eigenvalue weighted by molar-refractivity contribution is -0.385. The van der Waals surface area contributed by atoms with Crippen LogP contribution in [0.4, 0.5) is 24.5 Å². The van der Waals surface area contributed by atoms with Crippen LogP contribution in [0, 0.1) is 17.0 Å². The van der Waals surface area contributed by atoms with Gasteiger partial charge in [-0.2, -0.15) is 13.2 Å². The van der Waals surface area contributed by atoms with Gasteiger partial charge < -0.3 is 10.1 Å². The number of esters is 1. The van der Waals surface area contributed by atoms with Gasteiger partial charge in [-0.05, 0) is 32.0 Å². The highest BCUT2D eigenvalue weighted by molar-refractivity contribution is 5.98. The van der Waals surface area contributed by atoms with Crippen molar-refractivity contribution in [2.45, 2.75) is 26.1 Å². The van der Waals surface area contributed by atoms with Crippen molar-refractivity contribution in [1.82, 2.24) is 0 Å². The number of carbonyl (C=O) groups is 2. The zero-order valence-electron chi connectivity index (χ0n) is 14.7. The van der Waals surface area contributed by atoms with Crippen LogP contribution in [-0.2, 0) is 15.7 Å². The second-order valence-electron chi connectivity index (χ2n) is 5.84. The molecule has 1 amide bonds. The van der Waals surface area contributed by atoms with Crippen LogP contribution in [0.25, 0.3) is 0 Å². The minimum atomic E-state index is -4.68. The molecule has 0 saturated heterocycles. The Kier molecular flexibility index (Phi) is 6.02. The van der Waals surface area contributed by atoms with Crippen LogP contribution in [-0.4, -0.2) is 22.9 Å². The van der Waals surface area contributed by atoms with Gasteiger partial charge in [0.05, 0.1) is 21.7 Å². The number of nitro benzene ring substituents is 1. The number of hydrogen-bond acceptors (Lipinski definition) is 5. The average molecular weight is 396 g/mol. The van der Waals surface area contributed by atoms with E-state index in [0.717, 1.165) is 18.2 Å². The molecule has 0 aliphatic rings. The molecule has 0 aromatic heterocycles. The number of alkyl halides is 3. The van der Waals surface area contributed by atoms with E-state index in [-0.39, 0.29) is 11.3 Å². The molecular weight excluding hydrogens is 381 g/mol. The molecule has 28 heavy (non-hydrogen) atoms. The summed E-state index contributed by atoms with van der Waals surface area (Å²) in [5, 5.41) is 13.0. The molecule has 7 nitrogen and oxygen atoms in total. The van der Waals surface area contributed by atoms with Crippen molar-refractivity contribution < 1.29 is 32.4 Å². The van der Waals surface area contributed by atoms with Crippen molar-refractivity contribution in [1.29, 1.82) is 0 Å². The van der Waals surface area contributed by atoms with E-state index in [2.05, 4.69) is 5.32 Å². The number of nitrogens with zero attached hydrogens (tertiary/aromatic N) is 1. The number of nitro groups is 1. The second-order valence-corrected chi connectivity index (χ2v) is 5.84. The molecular formula is C18H15F3N2O5. The number of rotatable bonds is 5. The Balaban J connectivity index is 2.12. The van der Waals surface area contributed by atoms with Crippen molar-refractivity contribution in [3.05, 3.63) is 69.3 Å². The lowest BCUT2D eigenvalue weighted by atomic mass is 10.1. The molecule has 0 spiro atoms. The van der Waals surface area contributed by atoms with Gasteiger partial charge in [0, 0.05) is 11.6 Å². The Morgan fingerprint density at radius 3 is 2.43 bits per heavy atom. The summed E-state index contributed by atoms with van der Waals surface area (Å²) in [5.74, 6) is -2.00. The molecule has 2 aromatic carbocycles. The summed E-state index contributed by atoms with van der Waals surface area (Å²) < 4.78 is 43.8. The molecule has 0 bridgehead atoms. The Labute approximate surface area is 157 Å². The Morgan fingerprint density at radius 1 is 1.18 bits per heavy atom. The van der Waals surface area contributed by atoms with E-state index in [1.54, 1.807) is 0 Å². The van der Waals surface area contributed by atoms with Gasteiger partial charge in [-0.1, -0.05) is 18.2 Å². The maximum atomic E-state index is 13.0. The van der Waals surface area contributed by atoms with Crippen molar-refractivity contribution in [3.8, 4) is 0 Å². The Morgan fingerprint density at radius 2 is 1.82 bits per heavy atom. The first kappa shape index (κ1) is 20.9. The standard InChI is InChI=1S/C18H15F3N2O5/c1-10-7-8-12(9-15(10)23(26)27)17(25)28-11(2)16(24)22-14-6-4-3-5-13(14)18(19,20)21/h3-9,11H,1-2H3,(H,22,24)/t11-/m1/s1. The summed E-state index contributed by atoms with van der Waals surface area (Å²) in [4.78, 5) is 34.5. The first-order valence-corrected chi connectivity index (χ1v) is 7.94. The van der Waals surface area contributed by atoms with E-state index in [0.29, 0.717) is 5.56 Å². The molecule has 1 N–H and O–H groups in total. The molecule has 0 fully saturated rings. The number of halogens is 3. The van der Waals surface area contributed by atoms with Gasteiger partial charge in [-0.3, -0.25) is 14.9 Å². The van der Waals surface area contributed by atoms with E-state index >= 15 is 0 Å². The first-order chi connectivity index (χ1) is 13.0. The van der Waals surface area contributed by atoms with E-state index in [4.69, 9.17) is 4.74 Å². The van der Waals surface area contributed by atoms with Gasteiger partial charge in [0.15, 0.2) is 6.10 Å². The minimum Gasteiger partial charge on any atom is -0.449 e. The Bertz CT molecular complexity index is 928. The molecule has 2 aromatic rings. The molecule has 148 valence electrons. The number of aryl methyl sites for hydroxylation is 1. The van der Waals surface area contributed by atoms with E-state index in [9.17, 15) is 32.9 Å². The van der Waals surface area contributed by atoms with E-state index in [1.165, 1.54) is 38.1 Å². The normalized spacial score (nSPS) is 12.2. The van der Waals surface area contributed by atoms with Gasteiger partial charge in [-0.15, -0.1) is 0 Å². The van der Waals surface area contributed by atoms with Crippen LogP contribution in [0.1, 0.15) is 28.4 Å². The van der Waals surface area contributed by atoms with Gasteiger partial charge in [-0.25, -0.2) is 4.79 Å². The fourth-order valence-electron chi connectivity index (χ4n) is 2.29. The van der Waals surface area contributed by atoms with Gasteiger partial charge >= 0.3 is 12.1 Å². The number of amides is 1.